The topological polar surface area (TPSA) is 42.5 Å². The molecule has 4 nitrogen and oxygen atoms in total. The maximum Gasteiger partial charge on any atom is 0.212 e. The van der Waals surface area contributed by atoms with Crippen LogP contribution >= 0.6 is 0 Å². The Labute approximate surface area is 146 Å². The normalized spacial score (nSPS) is 12.3. The van der Waals surface area contributed by atoms with Gasteiger partial charge in [0.15, 0.2) is 0 Å². The van der Waals surface area contributed by atoms with E-state index in [0.717, 1.165) is 26.3 Å². The molecule has 0 spiro atoms. The average Bonchev–Trinajstić information content (AvgIpc) is 2.57. The highest BCUT2D eigenvalue weighted by Gasteiger charge is 2.10. The number of unbranched alkanes of at least 4 members (excludes halogenated alkanes) is 6. The molecule has 0 heterocycles. The number of hydrogen-bond donors (Lipinski definition) is 2. The Morgan fingerprint density at radius 2 is 1.22 bits per heavy atom. The molecule has 0 aromatic heterocycles. The van der Waals surface area contributed by atoms with E-state index in [2.05, 4.69) is 29.9 Å². The number of hydrogen-bond acceptors (Lipinski definition) is 4. The summed E-state index contributed by atoms with van der Waals surface area (Å²) in [6.07, 6.45) is 12.3. The molecule has 0 rings (SSSR count). The van der Waals surface area contributed by atoms with Crippen LogP contribution < -0.4 is 9.96 Å². The van der Waals surface area contributed by atoms with Crippen LogP contribution in [0, 0.1) is 0 Å². The molecule has 0 aromatic rings. The number of methoxy groups -OCH3 is 2. The first-order valence-corrected chi connectivity index (χ1v) is 11.1. The summed E-state index contributed by atoms with van der Waals surface area (Å²) in [6.45, 7) is 8.47. The summed E-state index contributed by atoms with van der Waals surface area (Å²) in [4.78, 5) is 7.56. The lowest BCUT2D eigenvalue weighted by molar-refractivity contribution is 0.192. The molecule has 0 saturated heterocycles. The van der Waals surface area contributed by atoms with E-state index in [1.165, 1.54) is 56.6 Å². The predicted molar refractivity (Wildman–Crippen MR) is 103 cm³/mol. The average molecular weight is 345 g/mol. The Hall–Kier alpha value is -0.203. The molecule has 0 aliphatic carbocycles. The van der Waals surface area contributed by atoms with Crippen LogP contribution in [0.4, 0.5) is 0 Å². The van der Waals surface area contributed by atoms with Gasteiger partial charge in [0.2, 0.25) is 9.12 Å². The van der Waals surface area contributed by atoms with E-state index < -0.39 is 9.12 Å². The molecule has 0 aromatic carbocycles. The maximum atomic E-state index is 5.09. The van der Waals surface area contributed by atoms with Crippen molar-refractivity contribution in [2.45, 2.75) is 65.2 Å². The lowest BCUT2D eigenvalue weighted by atomic mass is 10.2. The van der Waals surface area contributed by atoms with Crippen molar-refractivity contribution in [2.75, 3.05) is 40.5 Å². The van der Waals surface area contributed by atoms with Crippen molar-refractivity contribution < 1.29 is 9.47 Å². The first-order chi connectivity index (χ1) is 11.3. The first-order valence-electron chi connectivity index (χ1n) is 9.33. The fourth-order valence-electron chi connectivity index (χ4n) is 2.50. The summed E-state index contributed by atoms with van der Waals surface area (Å²) in [6, 6.07) is 0. The molecular weight excluding hydrogens is 304 g/mol. The van der Waals surface area contributed by atoms with E-state index in [-0.39, 0.29) is 0 Å². The second kappa shape index (κ2) is 18.1. The van der Waals surface area contributed by atoms with E-state index >= 15 is 0 Å². The lowest BCUT2D eigenvalue weighted by Crippen LogP contribution is -2.49. The van der Waals surface area contributed by atoms with Gasteiger partial charge in [-0.3, -0.25) is 0 Å². The lowest BCUT2D eigenvalue weighted by Gasteiger charge is -2.19. The zero-order chi connectivity index (χ0) is 17.2. The van der Waals surface area contributed by atoms with Gasteiger partial charge in [0.1, 0.15) is 0 Å². The molecule has 0 atom stereocenters. The molecule has 0 radical (unpaired) electrons. The summed E-state index contributed by atoms with van der Waals surface area (Å²) in [5.74, 6) is 0. The molecule has 23 heavy (non-hydrogen) atoms. The quantitative estimate of drug-likeness (QED) is 0.314. The highest BCUT2D eigenvalue weighted by atomic mass is 28.3. The van der Waals surface area contributed by atoms with Crippen molar-refractivity contribution in [2.24, 2.45) is 0 Å². The van der Waals surface area contributed by atoms with Gasteiger partial charge in [-0.2, -0.15) is 0 Å². The molecule has 138 valence electrons. The predicted octanol–water partition coefficient (Wildman–Crippen LogP) is 3.31. The molecular formula is C18H40N2O2Si. The summed E-state index contributed by atoms with van der Waals surface area (Å²) in [5.41, 5.74) is 0. The van der Waals surface area contributed by atoms with E-state index in [4.69, 9.17) is 9.47 Å². The molecule has 5 heteroatoms. The third-order valence-electron chi connectivity index (χ3n) is 4.16. The van der Waals surface area contributed by atoms with Gasteiger partial charge < -0.3 is 19.4 Å². The first kappa shape index (κ1) is 22.8. The Kier molecular flexibility index (Phi) is 18.0. The Morgan fingerprint density at radius 3 is 1.61 bits per heavy atom. The van der Waals surface area contributed by atoms with Crippen LogP contribution in [0.25, 0.3) is 0 Å². The van der Waals surface area contributed by atoms with Gasteiger partial charge in [-0.1, -0.05) is 37.0 Å². The Morgan fingerprint density at radius 1 is 0.783 bits per heavy atom. The zero-order valence-electron chi connectivity index (χ0n) is 16.0. The van der Waals surface area contributed by atoms with Gasteiger partial charge >= 0.3 is 0 Å². The molecule has 0 aliphatic heterocycles. The number of rotatable bonds is 17. The minimum Gasteiger partial charge on any atom is -0.385 e. The van der Waals surface area contributed by atoms with E-state index in [0.29, 0.717) is 0 Å². The van der Waals surface area contributed by atoms with Crippen molar-refractivity contribution in [3.63, 3.8) is 0 Å². The largest absolute Gasteiger partial charge is 0.385 e. The second-order valence-electron chi connectivity index (χ2n) is 6.19. The van der Waals surface area contributed by atoms with Crippen molar-refractivity contribution in [1.82, 2.24) is 9.96 Å². The third kappa shape index (κ3) is 15.1. The van der Waals surface area contributed by atoms with Crippen molar-refractivity contribution in [1.29, 1.82) is 0 Å². The van der Waals surface area contributed by atoms with Gasteiger partial charge in [0.25, 0.3) is 0 Å². The van der Waals surface area contributed by atoms with Crippen molar-refractivity contribution in [3.8, 4) is 0 Å². The highest BCUT2D eigenvalue weighted by Crippen LogP contribution is 2.02. The van der Waals surface area contributed by atoms with E-state index in [9.17, 15) is 0 Å². The number of nitrogens with one attached hydrogen (secondary N) is 2. The van der Waals surface area contributed by atoms with Crippen molar-refractivity contribution >= 4 is 9.12 Å². The number of allylic oxidation sites excluding steroid dienone is 2. The summed E-state index contributed by atoms with van der Waals surface area (Å²) in [7, 11) is 2.41. The zero-order valence-corrected chi connectivity index (χ0v) is 17.1. The van der Waals surface area contributed by atoms with Crippen LogP contribution in [-0.2, 0) is 9.47 Å². The highest BCUT2D eigenvalue weighted by molar-refractivity contribution is 6.61. The SMILES string of the molecule is C/C=C(\C)[SiH](NCCCCCCOC)NCCCCCCOC. The standard InChI is InChI=1S/C18H40N2O2Si/c1-5-18(2)23(19-14-10-6-8-12-16-21-3)20-15-11-7-9-13-17-22-4/h5,19-20,23H,6-17H2,1-4H3/b18-5+. The minimum absolute atomic E-state index is 0.897. The monoisotopic (exact) mass is 344 g/mol. The fraction of sp³-hybridized carbons (Fsp3) is 0.889. The third-order valence-corrected chi connectivity index (χ3v) is 6.80. The van der Waals surface area contributed by atoms with Gasteiger partial charge in [0.05, 0.1) is 0 Å². The van der Waals surface area contributed by atoms with Crippen LogP contribution in [0.2, 0.25) is 0 Å². The number of ether oxygens (including phenoxy) is 2. The Bertz CT molecular complexity index is 258. The summed E-state index contributed by atoms with van der Waals surface area (Å²) in [5, 5.41) is 1.52. The van der Waals surface area contributed by atoms with E-state index in [1.54, 1.807) is 14.2 Å². The van der Waals surface area contributed by atoms with Crippen LogP contribution in [0.3, 0.4) is 0 Å². The minimum atomic E-state index is -1.15. The van der Waals surface area contributed by atoms with Crippen LogP contribution in [0.5, 0.6) is 0 Å². The van der Waals surface area contributed by atoms with E-state index in [1.807, 2.05) is 0 Å². The van der Waals surface area contributed by atoms with Crippen LogP contribution in [0.1, 0.15) is 65.2 Å². The molecule has 0 saturated carbocycles. The van der Waals surface area contributed by atoms with Gasteiger partial charge in [-0.15, -0.1) is 0 Å². The van der Waals surface area contributed by atoms with Crippen LogP contribution in [-0.4, -0.2) is 49.6 Å². The molecule has 0 fully saturated rings. The molecule has 0 bridgehead atoms. The Balaban J connectivity index is 3.69. The molecule has 0 aliphatic rings. The van der Waals surface area contributed by atoms with Crippen molar-refractivity contribution in [3.05, 3.63) is 11.3 Å². The summed E-state index contributed by atoms with van der Waals surface area (Å²) < 4.78 is 10.2. The summed E-state index contributed by atoms with van der Waals surface area (Å²) >= 11 is 0. The van der Waals surface area contributed by atoms with Gasteiger partial charge in [-0.25, -0.2) is 0 Å². The van der Waals surface area contributed by atoms with Gasteiger partial charge in [0, 0.05) is 27.4 Å². The maximum absolute atomic E-state index is 5.09. The molecule has 0 amide bonds. The molecule has 0 unspecified atom stereocenters. The molecule has 2 N–H and O–H groups in total. The second-order valence-corrected chi connectivity index (χ2v) is 8.78. The smallest absolute Gasteiger partial charge is 0.212 e. The van der Waals surface area contributed by atoms with Crippen LogP contribution in [0.15, 0.2) is 11.3 Å². The van der Waals surface area contributed by atoms with Gasteiger partial charge in [-0.05, 0) is 52.6 Å². The fourth-order valence-corrected chi connectivity index (χ4v) is 4.61.